The number of hydrogen-bond acceptors (Lipinski definition) is 6. The normalized spacial score (nSPS) is 23.7. The minimum atomic E-state index is -2.63. The van der Waals surface area contributed by atoms with E-state index in [1.54, 1.807) is 6.33 Å². The fourth-order valence-corrected chi connectivity index (χ4v) is 10.6. The van der Waals surface area contributed by atoms with Gasteiger partial charge in [-0.25, -0.2) is 4.98 Å². The molecule has 2 aromatic heterocycles. The SMILES string of the molecule is CC(C)(C)[Si](OC[C@H]1OC(n2cnc3c(Cl)nc(N)nc32)[C@H]2C[C@H]21)(c1ccccc1)c1ccccc1. The predicted octanol–water partition coefficient (Wildman–Crippen LogP) is 4.17. The van der Waals surface area contributed by atoms with E-state index in [2.05, 4.69) is 96.4 Å². The molecule has 4 aromatic rings. The van der Waals surface area contributed by atoms with Crippen molar-refractivity contribution in [3.05, 3.63) is 72.1 Å². The number of hydrogen-bond donors (Lipinski definition) is 1. The van der Waals surface area contributed by atoms with E-state index in [4.69, 9.17) is 26.5 Å². The Morgan fingerprint density at radius 1 is 1.03 bits per heavy atom. The molecule has 1 saturated heterocycles. The summed E-state index contributed by atoms with van der Waals surface area (Å²) in [6.45, 7) is 7.42. The zero-order valence-corrected chi connectivity index (χ0v) is 22.4. The molecule has 36 heavy (non-hydrogen) atoms. The second kappa shape index (κ2) is 8.66. The van der Waals surface area contributed by atoms with Gasteiger partial charge in [-0.15, -0.1) is 0 Å². The number of halogens is 1. The zero-order valence-electron chi connectivity index (χ0n) is 20.6. The molecule has 1 aliphatic carbocycles. The maximum Gasteiger partial charge on any atom is 0.261 e. The van der Waals surface area contributed by atoms with Crippen LogP contribution in [-0.4, -0.2) is 40.5 Å². The number of nitrogens with two attached hydrogens (primary N) is 1. The van der Waals surface area contributed by atoms with Gasteiger partial charge >= 0.3 is 0 Å². The topological polar surface area (TPSA) is 88.1 Å². The average Bonchev–Trinajstić information content (AvgIpc) is 3.40. The number of imidazole rings is 1. The highest BCUT2D eigenvalue weighted by Gasteiger charge is 2.58. The number of anilines is 1. The second-order valence-electron chi connectivity index (χ2n) is 10.8. The van der Waals surface area contributed by atoms with Gasteiger partial charge in [0.15, 0.2) is 10.8 Å². The first-order valence-corrected chi connectivity index (χ1v) is 14.6. The van der Waals surface area contributed by atoms with E-state index in [-0.39, 0.29) is 28.5 Å². The summed E-state index contributed by atoms with van der Waals surface area (Å²) in [5, 5.41) is 2.72. The summed E-state index contributed by atoms with van der Waals surface area (Å²) >= 11 is 6.25. The summed E-state index contributed by atoms with van der Waals surface area (Å²) in [5.74, 6) is 0.969. The lowest BCUT2D eigenvalue weighted by Crippen LogP contribution is -2.67. The van der Waals surface area contributed by atoms with E-state index < -0.39 is 8.32 Å². The highest BCUT2D eigenvalue weighted by Crippen LogP contribution is 2.57. The van der Waals surface area contributed by atoms with E-state index >= 15 is 0 Å². The molecule has 0 bridgehead atoms. The van der Waals surface area contributed by atoms with Crippen LogP contribution in [-0.2, 0) is 9.16 Å². The van der Waals surface area contributed by atoms with Gasteiger partial charge in [-0.2, -0.15) is 9.97 Å². The van der Waals surface area contributed by atoms with E-state index in [0.29, 0.717) is 29.6 Å². The molecule has 2 aromatic carbocycles. The van der Waals surface area contributed by atoms with Crippen LogP contribution in [0, 0.1) is 11.8 Å². The van der Waals surface area contributed by atoms with Gasteiger partial charge in [-0.3, -0.25) is 4.57 Å². The van der Waals surface area contributed by atoms with Crippen LogP contribution in [0.3, 0.4) is 0 Å². The standard InChI is InChI=1S/C27H30ClN5O2Si/c1-27(2,3)36(17-10-6-4-7-11-17,18-12-8-5-9-13-18)34-15-21-19-14-20(19)25(35-21)33-16-30-22-23(28)31-26(29)32-24(22)33/h4-13,16,19-21,25H,14-15H2,1-3H3,(H2,29,31,32)/t19-,20+,21-,25?/m1/s1. The van der Waals surface area contributed by atoms with Crippen molar-refractivity contribution in [1.82, 2.24) is 19.5 Å². The van der Waals surface area contributed by atoms with Gasteiger partial charge in [0.05, 0.1) is 19.0 Å². The van der Waals surface area contributed by atoms with E-state index in [1.807, 2.05) is 4.57 Å². The molecule has 2 fully saturated rings. The van der Waals surface area contributed by atoms with Crippen molar-refractivity contribution < 1.29 is 9.16 Å². The minimum Gasteiger partial charge on any atom is -0.405 e. The molecule has 9 heteroatoms. The second-order valence-corrected chi connectivity index (χ2v) is 15.5. The van der Waals surface area contributed by atoms with Crippen LogP contribution in [0.15, 0.2) is 67.0 Å². The van der Waals surface area contributed by atoms with Gasteiger partial charge in [0.2, 0.25) is 5.95 Å². The van der Waals surface area contributed by atoms with Gasteiger partial charge in [0.25, 0.3) is 8.32 Å². The third-order valence-corrected chi connectivity index (χ3v) is 12.9. The van der Waals surface area contributed by atoms with Crippen LogP contribution in [0.2, 0.25) is 10.2 Å². The zero-order chi connectivity index (χ0) is 25.1. The number of rotatable bonds is 6. The Morgan fingerprint density at radius 3 is 2.28 bits per heavy atom. The molecule has 2 aliphatic rings. The molecular weight excluding hydrogens is 490 g/mol. The summed E-state index contributed by atoms with van der Waals surface area (Å²) < 4.78 is 15.7. The first kappa shape index (κ1) is 23.6. The van der Waals surface area contributed by atoms with Gasteiger partial charge in [0.1, 0.15) is 11.7 Å². The van der Waals surface area contributed by atoms with Crippen LogP contribution in [0.5, 0.6) is 0 Å². The van der Waals surface area contributed by atoms with Gasteiger partial charge in [0, 0.05) is 5.92 Å². The first-order valence-electron chi connectivity index (χ1n) is 12.4. The van der Waals surface area contributed by atoms with E-state index in [9.17, 15) is 0 Å². The van der Waals surface area contributed by atoms with Crippen LogP contribution in [0.1, 0.15) is 33.4 Å². The molecule has 1 unspecified atom stereocenters. The van der Waals surface area contributed by atoms with Crippen LogP contribution in [0.25, 0.3) is 11.2 Å². The van der Waals surface area contributed by atoms with Gasteiger partial charge < -0.3 is 14.9 Å². The van der Waals surface area contributed by atoms with Crippen molar-refractivity contribution in [2.75, 3.05) is 12.3 Å². The number of benzene rings is 2. The van der Waals surface area contributed by atoms with Crippen molar-refractivity contribution in [3.8, 4) is 0 Å². The summed E-state index contributed by atoms with van der Waals surface area (Å²) in [5.41, 5.74) is 7.02. The van der Waals surface area contributed by atoms with Gasteiger partial charge in [-0.05, 0) is 27.8 Å². The smallest absolute Gasteiger partial charge is 0.261 e. The maximum atomic E-state index is 7.16. The van der Waals surface area contributed by atoms with Crippen LogP contribution >= 0.6 is 11.6 Å². The predicted molar refractivity (Wildman–Crippen MR) is 144 cm³/mol. The lowest BCUT2D eigenvalue weighted by molar-refractivity contribution is -0.0450. The molecule has 6 rings (SSSR count). The average molecular weight is 520 g/mol. The summed E-state index contributed by atoms with van der Waals surface area (Å²) in [7, 11) is -2.63. The summed E-state index contributed by atoms with van der Waals surface area (Å²) in [6.07, 6.45) is 2.65. The Bertz CT molecular complexity index is 1350. The highest BCUT2D eigenvalue weighted by atomic mass is 35.5. The fraction of sp³-hybridized carbons (Fsp3) is 0.370. The maximum absolute atomic E-state index is 7.16. The first-order chi connectivity index (χ1) is 17.3. The fourth-order valence-electron chi connectivity index (χ4n) is 5.86. The van der Waals surface area contributed by atoms with Crippen LogP contribution < -0.4 is 16.1 Å². The lowest BCUT2D eigenvalue weighted by atomic mass is 10.2. The monoisotopic (exact) mass is 519 g/mol. The Kier molecular flexibility index (Phi) is 5.68. The summed E-state index contributed by atoms with van der Waals surface area (Å²) in [4.78, 5) is 12.8. The molecule has 1 saturated carbocycles. The Morgan fingerprint density at radius 2 is 1.67 bits per heavy atom. The van der Waals surface area contributed by atoms with Crippen molar-refractivity contribution in [1.29, 1.82) is 0 Å². The molecule has 7 nitrogen and oxygen atoms in total. The molecule has 1 aliphatic heterocycles. The molecular formula is C27H30ClN5O2Si. The van der Waals surface area contributed by atoms with Crippen molar-refractivity contribution in [2.24, 2.45) is 11.8 Å². The quantitative estimate of drug-likeness (QED) is 0.304. The molecule has 186 valence electrons. The number of ether oxygens (including phenoxy) is 1. The minimum absolute atomic E-state index is 0.00578. The van der Waals surface area contributed by atoms with E-state index in [0.717, 1.165) is 6.42 Å². The largest absolute Gasteiger partial charge is 0.405 e. The molecule has 4 atom stereocenters. The van der Waals surface area contributed by atoms with Crippen molar-refractivity contribution in [3.63, 3.8) is 0 Å². The van der Waals surface area contributed by atoms with E-state index in [1.165, 1.54) is 10.4 Å². The Hall–Kier alpha value is -2.78. The molecule has 0 spiro atoms. The van der Waals surface area contributed by atoms with Crippen molar-refractivity contribution in [2.45, 2.75) is 44.6 Å². The number of nitrogen functional groups attached to an aromatic ring is 1. The molecule has 2 N–H and O–H groups in total. The number of nitrogens with zero attached hydrogens (tertiary/aromatic N) is 4. The third-order valence-electron chi connectivity index (χ3n) is 7.60. The van der Waals surface area contributed by atoms with Crippen molar-refractivity contribution >= 4 is 47.4 Å². The van der Waals surface area contributed by atoms with Gasteiger partial charge in [-0.1, -0.05) is 93.0 Å². The summed E-state index contributed by atoms with van der Waals surface area (Å²) in [6, 6.07) is 21.4. The molecule has 0 amide bonds. The molecule has 3 heterocycles. The Balaban J connectivity index is 1.31. The Labute approximate surface area is 216 Å². The number of fused-ring (bicyclic) bond motifs is 2. The third kappa shape index (κ3) is 3.75. The lowest BCUT2D eigenvalue weighted by Gasteiger charge is -2.43. The molecule has 0 radical (unpaired) electrons. The number of aromatic nitrogens is 4. The highest BCUT2D eigenvalue weighted by molar-refractivity contribution is 6.99. The van der Waals surface area contributed by atoms with Crippen LogP contribution in [0.4, 0.5) is 5.95 Å².